The summed E-state index contributed by atoms with van der Waals surface area (Å²) >= 11 is 0. The molecule has 0 atom stereocenters. The molecule has 1 amide bonds. The maximum absolute atomic E-state index is 12.3. The van der Waals surface area contributed by atoms with Crippen molar-refractivity contribution in [2.45, 2.75) is 20.8 Å². The van der Waals surface area contributed by atoms with E-state index in [1.165, 1.54) is 19.9 Å². The molecule has 9 heteroatoms. The molecule has 182 valence electrons. The zero-order chi connectivity index (χ0) is 25.5. The van der Waals surface area contributed by atoms with E-state index in [0.29, 0.717) is 0 Å². The number of rotatable bonds is 9. The summed E-state index contributed by atoms with van der Waals surface area (Å²) in [6.07, 6.45) is 2.77. The number of carbonyl (C=O) groups excluding carboxylic acids is 4. The van der Waals surface area contributed by atoms with Crippen molar-refractivity contribution in [2.24, 2.45) is 0 Å². The van der Waals surface area contributed by atoms with Crippen LogP contribution < -0.4 is 10.1 Å². The highest BCUT2D eigenvalue weighted by atomic mass is 16.5. The third-order valence-corrected chi connectivity index (χ3v) is 5.00. The Hall–Kier alpha value is -4.40. The highest BCUT2D eigenvalue weighted by Gasteiger charge is 2.28. The molecule has 0 aliphatic rings. The topological polar surface area (TPSA) is 121 Å². The van der Waals surface area contributed by atoms with Crippen molar-refractivity contribution in [1.29, 1.82) is 0 Å². The Kier molecular flexibility index (Phi) is 8.04. The van der Waals surface area contributed by atoms with Gasteiger partial charge in [-0.2, -0.15) is 0 Å². The first kappa shape index (κ1) is 25.2. The molecule has 1 N–H and O–H groups in total. The van der Waals surface area contributed by atoms with Crippen LogP contribution in [-0.4, -0.2) is 44.0 Å². The number of fused-ring (bicyclic) bond motifs is 1. The van der Waals surface area contributed by atoms with Crippen molar-refractivity contribution in [2.75, 3.05) is 25.6 Å². The molecule has 2 aromatic carbocycles. The lowest BCUT2D eigenvalue weighted by Crippen LogP contribution is -2.21. The predicted octanol–water partition coefficient (Wildman–Crippen LogP) is 4.32. The monoisotopic (exact) mass is 479 g/mol. The molecule has 0 aliphatic heterocycles. The Bertz CT molecular complexity index is 1320. The fourth-order valence-electron chi connectivity index (χ4n) is 3.44. The Balaban J connectivity index is 1.63. The molecule has 0 aliphatic carbocycles. The van der Waals surface area contributed by atoms with Gasteiger partial charge in [0.05, 0.1) is 19.3 Å². The minimum absolute atomic E-state index is 0.0208. The molecule has 3 rings (SSSR count). The van der Waals surface area contributed by atoms with Crippen molar-refractivity contribution in [1.82, 2.24) is 0 Å². The van der Waals surface area contributed by atoms with Gasteiger partial charge in [0.25, 0.3) is 5.91 Å². The Morgan fingerprint density at radius 1 is 1.00 bits per heavy atom. The molecule has 9 nitrogen and oxygen atoms in total. The highest BCUT2D eigenvalue weighted by Crippen LogP contribution is 2.28. The third-order valence-electron chi connectivity index (χ3n) is 5.00. The Labute approximate surface area is 201 Å². The van der Waals surface area contributed by atoms with Crippen molar-refractivity contribution in [3.05, 3.63) is 64.9 Å². The summed E-state index contributed by atoms with van der Waals surface area (Å²) < 4.78 is 20.5. The van der Waals surface area contributed by atoms with Crippen molar-refractivity contribution in [3.8, 4) is 5.75 Å². The second-order valence-corrected chi connectivity index (χ2v) is 7.48. The summed E-state index contributed by atoms with van der Waals surface area (Å²) in [5.74, 6) is -2.04. The van der Waals surface area contributed by atoms with Crippen LogP contribution in [0.2, 0.25) is 0 Å². The van der Waals surface area contributed by atoms with Crippen LogP contribution in [0.25, 0.3) is 16.8 Å². The fourth-order valence-corrected chi connectivity index (χ4v) is 3.44. The van der Waals surface area contributed by atoms with Crippen LogP contribution in [0.15, 0.2) is 46.9 Å². The average Bonchev–Trinajstić information content (AvgIpc) is 3.16. The molecule has 0 unspecified atom stereocenters. The zero-order valence-corrected chi connectivity index (χ0v) is 19.8. The number of hydrogen-bond donors (Lipinski definition) is 1. The number of benzene rings is 2. The predicted molar refractivity (Wildman–Crippen MR) is 129 cm³/mol. The number of nitrogens with one attached hydrogen (secondary N) is 1. The van der Waals surface area contributed by atoms with Gasteiger partial charge in [-0.1, -0.05) is 18.2 Å². The SMILES string of the molecule is CCOC(=O)c1c(NC(=O)COC(=O)/C=C/c2ccc3cc(OC)ccc3c2)oc(C)c1C(C)=O. The number of ketones is 1. The second-order valence-electron chi connectivity index (χ2n) is 7.48. The first-order chi connectivity index (χ1) is 16.7. The standard InChI is InChI=1S/C26H25NO8/c1-5-33-26(31)24-23(15(2)28)16(3)35-25(24)27-21(29)14-34-22(30)11-7-17-6-8-19-13-20(32-4)10-9-18(19)12-17/h6-13H,5,14H2,1-4H3,(H,27,29)/b11-7+. The summed E-state index contributed by atoms with van der Waals surface area (Å²) in [6, 6.07) is 11.3. The number of Topliss-reactive ketones (excluding diaryl/α,β-unsaturated/α-hetero) is 1. The van der Waals surface area contributed by atoms with Crippen LogP contribution in [0.1, 0.15) is 45.9 Å². The third kappa shape index (κ3) is 6.14. The minimum Gasteiger partial charge on any atom is -0.497 e. The van der Waals surface area contributed by atoms with Crippen LogP contribution in [0.5, 0.6) is 5.75 Å². The van der Waals surface area contributed by atoms with Gasteiger partial charge in [-0.05, 0) is 61.4 Å². The van der Waals surface area contributed by atoms with E-state index in [9.17, 15) is 19.2 Å². The van der Waals surface area contributed by atoms with E-state index in [4.69, 9.17) is 18.6 Å². The second kappa shape index (κ2) is 11.1. The summed E-state index contributed by atoms with van der Waals surface area (Å²) in [7, 11) is 1.60. The molecular weight excluding hydrogens is 454 g/mol. The molecule has 3 aromatic rings. The maximum Gasteiger partial charge on any atom is 0.344 e. The average molecular weight is 479 g/mol. The van der Waals surface area contributed by atoms with Gasteiger partial charge in [0, 0.05) is 6.08 Å². The first-order valence-corrected chi connectivity index (χ1v) is 10.8. The zero-order valence-electron chi connectivity index (χ0n) is 19.8. The minimum atomic E-state index is -0.807. The number of amides is 1. The number of furan rings is 1. The molecule has 0 bridgehead atoms. The van der Waals surface area contributed by atoms with Crippen LogP contribution in [0.4, 0.5) is 5.88 Å². The van der Waals surface area contributed by atoms with E-state index in [1.807, 2.05) is 36.4 Å². The number of hydrogen-bond acceptors (Lipinski definition) is 8. The van der Waals surface area contributed by atoms with Crippen LogP contribution in [0.3, 0.4) is 0 Å². The number of esters is 2. The van der Waals surface area contributed by atoms with Crippen molar-refractivity contribution < 1.29 is 37.8 Å². The Morgan fingerprint density at radius 2 is 1.71 bits per heavy atom. The van der Waals surface area contributed by atoms with Crippen LogP contribution in [0, 0.1) is 6.92 Å². The van der Waals surface area contributed by atoms with E-state index in [2.05, 4.69) is 5.32 Å². The van der Waals surface area contributed by atoms with E-state index in [0.717, 1.165) is 22.1 Å². The van der Waals surface area contributed by atoms with Gasteiger partial charge in [0.1, 0.15) is 17.1 Å². The normalized spacial score (nSPS) is 10.9. The molecule has 0 spiro atoms. The van der Waals surface area contributed by atoms with Gasteiger partial charge in [0.2, 0.25) is 5.88 Å². The Morgan fingerprint density at radius 3 is 2.40 bits per heavy atom. The fraction of sp³-hybridized carbons (Fsp3) is 0.231. The summed E-state index contributed by atoms with van der Waals surface area (Å²) in [6.45, 7) is 3.82. The molecular formula is C26H25NO8. The van der Waals surface area contributed by atoms with Gasteiger partial charge >= 0.3 is 11.9 Å². The molecule has 0 radical (unpaired) electrons. The van der Waals surface area contributed by atoms with Gasteiger partial charge in [-0.15, -0.1) is 0 Å². The summed E-state index contributed by atoms with van der Waals surface area (Å²) in [4.78, 5) is 48.6. The van der Waals surface area contributed by atoms with Gasteiger partial charge < -0.3 is 18.6 Å². The molecule has 1 heterocycles. The molecule has 0 fully saturated rings. The summed E-state index contributed by atoms with van der Waals surface area (Å²) in [5, 5.41) is 4.31. The van der Waals surface area contributed by atoms with Gasteiger partial charge in [-0.25, -0.2) is 9.59 Å². The number of carbonyl (C=O) groups is 4. The molecule has 0 saturated heterocycles. The lowest BCUT2D eigenvalue weighted by atomic mass is 10.1. The lowest BCUT2D eigenvalue weighted by molar-refractivity contribution is -0.142. The first-order valence-electron chi connectivity index (χ1n) is 10.8. The van der Waals surface area contributed by atoms with E-state index < -0.39 is 30.2 Å². The van der Waals surface area contributed by atoms with Crippen LogP contribution in [-0.2, 0) is 19.1 Å². The quantitative estimate of drug-likeness (QED) is 0.274. The summed E-state index contributed by atoms with van der Waals surface area (Å²) in [5.41, 5.74) is 0.615. The van der Waals surface area contributed by atoms with Crippen molar-refractivity contribution in [3.63, 3.8) is 0 Å². The van der Waals surface area contributed by atoms with E-state index in [-0.39, 0.29) is 29.4 Å². The molecule has 1 aromatic heterocycles. The van der Waals surface area contributed by atoms with Gasteiger partial charge in [-0.3, -0.25) is 14.9 Å². The highest BCUT2D eigenvalue weighted by molar-refractivity contribution is 6.10. The van der Waals surface area contributed by atoms with E-state index >= 15 is 0 Å². The largest absolute Gasteiger partial charge is 0.497 e. The maximum atomic E-state index is 12.3. The number of anilines is 1. The van der Waals surface area contributed by atoms with Gasteiger partial charge in [0.15, 0.2) is 12.4 Å². The van der Waals surface area contributed by atoms with Crippen LogP contribution >= 0.6 is 0 Å². The number of methoxy groups -OCH3 is 1. The molecule has 35 heavy (non-hydrogen) atoms. The van der Waals surface area contributed by atoms with Crippen molar-refractivity contribution >= 4 is 46.4 Å². The smallest absolute Gasteiger partial charge is 0.344 e. The van der Waals surface area contributed by atoms with E-state index in [1.54, 1.807) is 20.1 Å². The molecule has 0 saturated carbocycles. The lowest BCUT2D eigenvalue weighted by Gasteiger charge is -2.06. The number of aryl methyl sites for hydroxylation is 1. The number of ether oxygens (including phenoxy) is 3.